The van der Waals surface area contributed by atoms with E-state index in [1.54, 1.807) is 7.11 Å². The summed E-state index contributed by atoms with van der Waals surface area (Å²) in [6.07, 6.45) is 1.01. The second-order valence-electron chi connectivity index (χ2n) is 5.50. The fourth-order valence-corrected chi connectivity index (χ4v) is 2.68. The predicted molar refractivity (Wildman–Crippen MR) is 79.6 cm³/mol. The van der Waals surface area contributed by atoms with Crippen LogP contribution in [0.4, 0.5) is 0 Å². The standard InChI is InChI=1S/C17H19NO2/c1-11-9-14(11)17(19)18-10-15-13-6-4-3-5-12(13)7-8-16(15)20-2/h3-8,11,14H,9-10H2,1-2H3,(H,18,19)/t11-,14+/m0/s1. The summed E-state index contributed by atoms with van der Waals surface area (Å²) in [4.78, 5) is 12.0. The largest absolute Gasteiger partial charge is 0.496 e. The Morgan fingerprint density at radius 1 is 1.30 bits per heavy atom. The summed E-state index contributed by atoms with van der Waals surface area (Å²) in [6, 6.07) is 12.2. The normalized spacial score (nSPS) is 20.7. The van der Waals surface area contributed by atoms with E-state index in [0.717, 1.165) is 28.5 Å². The number of amides is 1. The maximum absolute atomic E-state index is 12.0. The molecule has 3 rings (SSSR count). The van der Waals surface area contributed by atoms with E-state index in [1.807, 2.05) is 24.3 Å². The molecular formula is C17H19NO2. The number of nitrogens with one attached hydrogen (secondary N) is 1. The van der Waals surface area contributed by atoms with Crippen LogP contribution in [0.2, 0.25) is 0 Å². The monoisotopic (exact) mass is 269 g/mol. The number of hydrogen-bond acceptors (Lipinski definition) is 2. The first kappa shape index (κ1) is 13.0. The van der Waals surface area contributed by atoms with Gasteiger partial charge in [-0.25, -0.2) is 0 Å². The molecule has 0 radical (unpaired) electrons. The number of rotatable bonds is 4. The van der Waals surface area contributed by atoms with Crippen LogP contribution in [-0.4, -0.2) is 13.0 Å². The van der Waals surface area contributed by atoms with Crippen LogP contribution in [0.3, 0.4) is 0 Å². The molecule has 1 amide bonds. The lowest BCUT2D eigenvalue weighted by Crippen LogP contribution is -2.25. The molecule has 2 aromatic carbocycles. The molecule has 0 bridgehead atoms. The van der Waals surface area contributed by atoms with E-state index in [4.69, 9.17) is 4.74 Å². The van der Waals surface area contributed by atoms with Crippen LogP contribution in [0.25, 0.3) is 10.8 Å². The van der Waals surface area contributed by atoms with Gasteiger partial charge in [0, 0.05) is 18.0 Å². The Kier molecular flexibility index (Phi) is 3.35. The van der Waals surface area contributed by atoms with Gasteiger partial charge in [0.15, 0.2) is 0 Å². The molecule has 0 aromatic heterocycles. The lowest BCUT2D eigenvalue weighted by molar-refractivity contribution is -0.122. The minimum Gasteiger partial charge on any atom is -0.496 e. The molecule has 2 aromatic rings. The Balaban J connectivity index is 1.86. The fourth-order valence-electron chi connectivity index (χ4n) is 2.68. The van der Waals surface area contributed by atoms with Gasteiger partial charge in [-0.2, -0.15) is 0 Å². The van der Waals surface area contributed by atoms with Crippen molar-refractivity contribution in [1.82, 2.24) is 5.32 Å². The van der Waals surface area contributed by atoms with Crippen molar-refractivity contribution in [2.24, 2.45) is 11.8 Å². The average Bonchev–Trinajstić information content (AvgIpc) is 3.21. The first-order valence-corrected chi connectivity index (χ1v) is 7.03. The molecule has 0 spiro atoms. The van der Waals surface area contributed by atoms with Crippen LogP contribution in [0.15, 0.2) is 36.4 Å². The average molecular weight is 269 g/mol. The fraction of sp³-hybridized carbons (Fsp3) is 0.353. The third-order valence-electron chi connectivity index (χ3n) is 4.10. The quantitative estimate of drug-likeness (QED) is 0.926. The number of methoxy groups -OCH3 is 1. The number of hydrogen-bond donors (Lipinski definition) is 1. The molecule has 0 unspecified atom stereocenters. The number of ether oxygens (including phenoxy) is 1. The number of fused-ring (bicyclic) bond motifs is 1. The predicted octanol–water partition coefficient (Wildman–Crippen LogP) is 3.12. The summed E-state index contributed by atoms with van der Waals surface area (Å²) in [7, 11) is 1.67. The van der Waals surface area contributed by atoms with Crippen molar-refractivity contribution >= 4 is 16.7 Å². The van der Waals surface area contributed by atoms with E-state index in [0.29, 0.717) is 12.5 Å². The van der Waals surface area contributed by atoms with Crippen LogP contribution in [0, 0.1) is 11.8 Å². The van der Waals surface area contributed by atoms with E-state index in [9.17, 15) is 4.79 Å². The van der Waals surface area contributed by atoms with Crippen LogP contribution in [0.1, 0.15) is 18.9 Å². The van der Waals surface area contributed by atoms with Crippen LogP contribution < -0.4 is 10.1 Å². The van der Waals surface area contributed by atoms with Gasteiger partial charge in [0.25, 0.3) is 0 Å². The minimum atomic E-state index is 0.160. The van der Waals surface area contributed by atoms with Gasteiger partial charge in [-0.3, -0.25) is 4.79 Å². The van der Waals surface area contributed by atoms with Crippen molar-refractivity contribution in [3.8, 4) is 5.75 Å². The zero-order chi connectivity index (χ0) is 14.1. The van der Waals surface area contributed by atoms with Crippen LogP contribution in [-0.2, 0) is 11.3 Å². The molecule has 1 aliphatic carbocycles. The van der Waals surface area contributed by atoms with E-state index in [2.05, 4.69) is 24.4 Å². The van der Waals surface area contributed by atoms with E-state index in [1.165, 1.54) is 0 Å². The molecule has 20 heavy (non-hydrogen) atoms. The molecular weight excluding hydrogens is 250 g/mol. The Hall–Kier alpha value is -2.03. The van der Waals surface area contributed by atoms with Crippen molar-refractivity contribution < 1.29 is 9.53 Å². The highest BCUT2D eigenvalue weighted by Crippen LogP contribution is 2.38. The number of carbonyl (C=O) groups is 1. The second-order valence-corrected chi connectivity index (χ2v) is 5.50. The first-order valence-electron chi connectivity index (χ1n) is 7.03. The number of benzene rings is 2. The summed E-state index contributed by atoms with van der Waals surface area (Å²) >= 11 is 0. The van der Waals surface area contributed by atoms with Crippen molar-refractivity contribution in [2.45, 2.75) is 19.9 Å². The lowest BCUT2D eigenvalue weighted by Gasteiger charge is -2.13. The Morgan fingerprint density at radius 2 is 2.05 bits per heavy atom. The summed E-state index contributed by atoms with van der Waals surface area (Å²) in [5.41, 5.74) is 1.05. The molecule has 3 nitrogen and oxygen atoms in total. The third kappa shape index (κ3) is 2.36. The van der Waals surface area contributed by atoms with Gasteiger partial charge in [-0.1, -0.05) is 37.3 Å². The maximum atomic E-state index is 12.0. The van der Waals surface area contributed by atoms with E-state index in [-0.39, 0.29) is 11.8 Å². The summed E-state index contributed by atoms with van der Waals surface area (Å²) in [5, 5.41) is 5.34. The Bertz CT molecular complexity index is 650. The molecule has 0 saturated heterocycles. The zero-order valence-electron chi connectivity index (χ0n) is 11.8. The maximum Gasteiger partial charge on any atom is 0.223 e. The molecule has 3 heteroatoms. The Labute approximate surface area is 118 Å². The summed E-state index contributed by atoms with van der Waals surface area (Å²) in [5.74, 6) is 1.72. The van der Waals surface area contributed by atoms with Crippen LogP contribution >= 0.6 is 0 Å². The zero-order valence-corrected chi connectivity index (χ0v) is 11.8. The lowest BCUT2D eigenvalue weighted by atomic mass is 10.0. The smallest absolute Gasteiger partial charge is 0.223 e. The van der Waals surface area contributed by atoms with Crippen molar-refractivity contribution in [1.29, 1.82) is 0 Å². The van der Waals surface area contributed by atoms with Gasteiger partial charge in [0.2, 0.25) is 5.91 Å². The summed E-state index contributed by atoms with van der Waals surface area (Å²) in [6.45, 7) is 2.63. The molecule has 1 aliphatic rings. The summed E-state index contributed by atoms with van der Waals surface area (Å²) < 4.78 is 5.43. The van der Waals surface area contributed by atoms with Gasteiger partial charge in [-0.15, -0.1) is 0 Å². The SMILES string of the molecule is COc1ccc2ccccc2c1CNC(=O)[C@@H]1C[C@@H]1C. The van der Waals surface area contributed by atoms with Crippen LogP contribution in [0.5, 0.6) is 5.75 Å². The molecule has 0 heterocycles. The van der Waals surface area contributed by atoms with Gasteiger partial charge in [-0.05, 0) is 29.2 Å². The molecule has 104 valence electrons. The van der Waals surface area contributed by atoms with Crippen molar-refractivity contribution in [2.75, 3.05) is 7.11 Å². The highest BCUT2D eigenvalue weighted by atomic mass is 16.5. The molecule has 1 N–H and O–H groups in total. The molecule has 0 aliphatic heterocycles. The van der Waals surface area contributed by atoms with Gasteiger partial charge in [0.05, 0.1) is 7.11 Å². The molecule has 1 saturated carbocycles. The highest BCUT2D eigenvalue weighted by molar-refractivity contribution is 5.88. The van der Waals surface area contributed by atoms with Crippen molar-refractivity contribution in [3.63, 3.8) is 0 Å². The van der Waals surface area contributed by atoms with E-state index < -0.39 is 0 Å². The van der Waals surface area contributed by atoms with Gasteiger partial charge in [0.1, 0.15) is 5.75 Å². The minimum absolute atomic E-state index is 0.160. The first-order chi connectivity index (χ1) is 9.70. The number of carbonyl (C=O) groups excluding carboxylic acids is 1. The topological polar surface area (TPSA) is 38.3 Å². The van der Waals surface area contributed by atoms with Gasteiger partial charge < -0.3 is 10.1 Å². The second kappa shape index (κ2) is 5.16. The highest BCUT2D eigenvalue weighted by Gasteiger charge is 2.38. The molecule has 2 atom stereocenters. The molecule has 1 fully saturated rings. The Morgan fingerprint density at radius 3 is 2.75 bits per heavy atom. The van der Waals surface area contributed by atoms with E-state index >= 15 is 0 Å². The van der Waals surface area contributed by atoms with Crippen molar-refractivity contribution in [3.05, 3.63) is 42.0 Å². The van der Waals surface area contributed by atoms with Gasteiger partial charge >= 0.3 is 0 Å². The third-order valence-corrected chi connectivity index (χ3v) is 4.10.